The number of hydrogen-bond donors (Lipinski definition) is 1. The SMILES string of the molecule is CCC(C)Nc1ccc(OC(C)C)c(Cl)c1. The van der Waals surface area contributed by atoms with Crippen molar-refractivity contribution in [3.8, 4) is 5.75 Å². The number of ether oxygens (including phenoxy) is 1. The van der Waals surface area contributed by atoms with Crippen LogP contribution in [-0.2, 0) is 0 Å². The Morgan fingerprint density at radius 2 is 2.00 bits per heavy atom. The van der Waals surface area contributed by atoms with Crippen LogP contribution in [0.3, 0.4) is 0 Å². The summed E-state index contributed by atoms with van der Waals surface area (Å²) in [7, 11) is 0. The summed E-state index contributed by atoms with van der Waals surface area (Å²) in [4.78, 5) is 0. The van der Waals surface area contributed by atoms with E-state index in [4.69, 9.17) is 16.3 Å². The lowest BCUT2D eigenvalue weighted by molar-refractivity contribution is 0.242. The number of halogens is 1. The molecule has 0 bridgehead atoms. The molecule has 0 saturated carbocycles. The highest BCUT2D eigenvalue weighted by Gasteiger charge is 2.06. The molecule has 0 heterocycles. The van der Waals surface area contributed by atoms with Crippen LogP contribution >= 0.6 is 11.6 Å². The quantitative estimate of drug-likeness (QED) is 0.828. The lowest BCUT2D eigenvalue weighted by atomic mass is 10.2. The van der Waals surface area contributed by atoms with E-state index in [-0.39, 0.29) is 6.10 Å². The lowest BCUT2D eigenvalue weighted by Crippen LogP contribution is -2.13. The van der Waals surface area contributed by atoms with Gasteiger partial charge in [-0.2, -0.15) is 0 Å². The smallest absolute Gasteiger partial charge is 0.138 e. The van der Waals surface area contributed by atoms with Crippen molar-refractivity contribution in [1.82, 2.24) is 0 Å². The summed E-state index contributed by atoms with van der Waals surface area (Å²) in [5.41, 5.74) is 1.04. The monoisotopic (exact) mass is 241 g/mol. The van der Waals surface area contributed by atoms with Crippen molar-refractivity contribution in [2.75, 3.05) is 5.32 Å². The second-order valence-electron chi connectivity index (χ2n) is 4.27. The molecular weight excluding hydrogens is 222 g/mol. The Hall–Kier alpha value is -0.890. The summed E-state index contributed by atoms with van der Waals surface area (Å²) in [5.74, 6) is 0.742. The summed E-state index contributed by atoms with van der Waals surface area (Å²) in [6.07, 6.45) is 1.23. The van der Waals surface area contributed by atoms with Gasteiger partial charge in [-0.25, -0.2) is 0 Å². The number of nitrogens with one attached hydrogen (secondary N) is 1. The van der Waals surface area contributed by atoms with E-state index in [0.717, 1.165) is 17.9 Å². The third kappa shape index (κ3) is 3.93. The van der Waals surface area contributed by atoms with E-state index in [1.807, 2.05) is 32.0 Å². The van der Waals surface area contributed by atoms with E-state index < -0.39 is 0 Å². The van der Waals surface area contributed by atoms with E-state index in [1.165, 1.54) is 0 Å². The maximum absolute atomic E-state index is 6.14. The number of benzene rings is 1. The van der Waals surface area contributed by atoms with Crippen LogP contribution in [0.2, 0.25) is 5.02 Å². The maximum Gasteiger partial charge on any atom is 0.138 e. The van der Waals surface area contributed by atoms with Gasteiger partial charge in [-0.3, -0.25) is 0 Å². The largest absolute Gasteiger partial charge is 0.489 e. The van der Waals surface area contributed by atoms with Gasteiger partial charge in [0, 0.05) is 11.7 Å². The van der Waals surface area contributed by atoms with Crippen molar-refractivity contribution in [2.45, 2.75) is 46.3 Å². The fraction of sp³-hybridized carbons (Fsp3) is 0.538. The lowest BCUT2D eigenvalue weighted by Gasteiger charge is -2.15. The Balaban J connectivity index is 2.74. The predicted molar refractivity (Wildman–Crippen MR) is 70.6 cm³/mol. The molecule has 0 radical (unpaired) electrons. The molecule has 0 amide bonds. The normalized spacial score (nSPS) is 12.6. The molecule has 3 heteroatoms. The maximum atomic E-state index is 6.14. The highest BCUT2D eigenvalue weighted by molar-refractivity contribution is 6.32. The van der Waals surface area contributed by atoms with Gasteiger partial charge in [0.15, 0.2) is 0 Å². The summed E-state index contributed by atoms with van der Waals surface area (Å²) in [5, 5.41) is 4.03. The molecule has 2 nitrogen and oxygen atoms in total. The molecule has 0 aliphatic rings. The molecule has 1 rings (SSSR count). The van der Waals surface area contributed by atoms with Gasteiger partial charge in [0.05, 0.1) is 11.1 Å². The number of anilines is 1. The summed E-state index contributed by atoms with van der Waals surface area (Å²) < 4.78 is 5.57. The molecule has 0 spiro atoms. The second kappa shape index (κ2) is 6.00. The van der Waals surface area contributed by atoms with Gasteiger partial charge in [-0.15, -0.1) is 0 Å². The molecule has 1 aromatic rings. The van der Waals surface area contributed by atoms with Crippen LogP contribution in [0.4, 0.5) is 5.69 Å². The van der Waals surface area contributed by atoms with Crippen molar-refractivity contribution in [3.63, 3.8) is 0 Å². The van der Waals surface area contributed by atoms with Crippen molar-refractivity contribution >= 4 is 17.3 Å². The molecule has 90 valence electrons. The molecule has 1 aromatic carbocycles. The number of hydrogen-bond acceptors (Lipinski definition) is 2. The van der Waals surface area contributed by atoms with Crippen molar-refractivity contribution < 1.29 is 4.74 Å². The summed E-state index contributed by atoms with van der Waals surface area (Å²) >= 11 is 6.14. The van der Waals surface area contributed by atoms with E-state index in [9.17, 15) is 0 Å². The van der Waals surface area contributed by atoms with Gasteiger partial charge in [0.2, 0.25) is 0 Å². The number of rotatable bonds is 5. The van der Waals surface area contributed by atoms with Crippen LogP contribution in [0.1, 0.15) is 34.1 Å². The fourth-order valence-corrected chi connectivity index (χ4v) is 1.55. The summed E-state index contributed by atoms with van der Waals surface area (Å²) in [6, 6.07) is 6.27. The highest BCUT2D eigenvalue weighted by atomic mass is 35.5. The molecule has 0 fully saturated rings. The van der Waals surface area contributed by atoms with E-state index in [1.54, 1.807) is 0 Å². The van der Waals surface area contributed by atoms with E-state index >= 15 is 0 Å². The van der Waals surface area contributed by atoms with Gasteiger partial charge < -0.3 is 10.1 Å². The Labute approximate surface area is 103 Å². The molecule has 0 aliphatic heterocycles. The first-order valence-electron chi connectivity index (χ1n) is 5.75. The van der Waals surface area contributed by atoms with Crippen LogP contribution < -0.4 is 10.1 Å². The summed E-state index contributed by atoms with van der Waals surface area (Å²) in [6.45, 7) is 8.27. The zero-order chi connectivity index (χ0) is 12.1. The first-order chi connectivity index (χ1) is 7.52. The van der Waals surface area contributed by atoms with E-state index in [0.29, 0.717) is 11.1 Å². The minimum Gasteiger partial charge on any atom is -0.489 e. The topological polar surface area (TPSA) is 21.3 Å². The minimum atomic E-state index is 0.144. The van der Waals surface area contributed by atoms with Gasteiger partial charge in [0.1, 0.15) is 5.75 Å². The van der Waals surface area contributed by atoms with Crippen LogP contribution in [0.25, 0.3) is 0 Å². The molecule has 0 saturated heterocycles. The molecule has 1 N–H and O–H groups in total. The molecular formula is C13H20ClNO. The average molecular weight is 242 g/mol. The first kappa shape index (κ1) is 13.2. The molecule has 1 atom stereocenters. The predicted octanol–water partition coefficient (Wildman–Crippen LogP) is 4.34. The molecule has 0 aliphatic carbocycles. The Morgan fingerprint density at radius 3 is 2.50 bits per heavy atom. The molecule has 0 aromatic heterocycles. The highest BCUT2D eigenvalue weighted by Crippen LogP contribution is 2.28. The van der Waals surface area contributed by atoms with E-state index in [2.05, 4.69) is 19.2 Å². The average Bonchev–Trinajstić information content (AvgIpc) is 2.21. The Bertz CT molecular complexity index is 339. The zero-order valence-electron chi connectivity index (χ0n) is 10.4. The second-order valence-corrected chi connectivity index (χ2v) is 4.67. The van der Waals surface area contributed by atoms with Crippen LogP contribution in [0.15, 0.2) is 18.2 Å². The zero-order valence-corrected chi connectivity index (χ0v) is 11.1. The van der Waals surface area contributed by atoms with Crippen molar-refractivity contribution in [3.05, 3.63) is 23.2 Å². The van der Waals surface area contributed by atoms with Gasteiger partial charge in [-0.05, 0) is 45.4 Å². The molecule has 16 heavy (non-hydrogen) atoms. The van der Waals surface area contributed by atoms with Crippen LogP contribution in [0, 0.1) is 0 Å². The van der Waals surface area contributed by atoms with Gasteiger partial charge >= 0.3 is 0 Å². The van der Waals surface area contributed by atoms with Gasteiger partial charge in [0.25, 0.3) is 0 Å². The van der Waals surface area contributed by atoms with Crippen LogP contribution in [-0.4, -0.2) is 12.1 Å². The Morgan fingerprint density at radius 1 is 1.31 bits per heavy atom. The van der Waals surface area contributed by atoms with Crippen molar-refractivity contribution in [1.29, 1.82) is 0 Å². The fourth-order valence-electron chi connectivity index (χ4n) is 1.33. The first-order valence-corrected chi connectivity index (χ1v) is 6.13. The van der Waals surface area contributed by atoms with Crippen LogP contribution in [0.5, 0.6) is 5.75 Å². The Kier molecular flexibility index (Phi) is 4.94. The standard InChI is InChI=1S/C13H20ClNO/c1-5-10(4)15-11-6-7-13(12(14)8-11)16-9(2)3/h6-10,15H,5H2,1-4H3. The third-order valence-electron chi connectivity index (χ3n) is 2.32. The molecule has 1 unspecified atom stereocenters. The van der Waals surface area contributed by atoms with Gasteiger partial charge in [-0.1, -0.05) is 18.5 Å². The minimum absolute atomic E-state index is 0.144. The third-order valence-corrected chi connectivity index (χ3v) is 2.62. The van der Waals surface area contributed by atoms with Crippen molar-refractivity contribution in [2.24, 2.45) is 0 Å².